The van der Waals surface area contributed by atoms with E-state index in [0.29, 0.717) is 5.92 Å². The number of isocyanates is 1. The van der Waals surface area contributed by atoms with Crippen molar-refractivity contribution >= 4 is 6.08 Å². The van der Waals surface area contributed by atoms with Gasteiger partial charge in [-0.1, -0.05) is 30.3 Å². The maximum absolute atomic E-state index is 10.1. The first kappa shape index (κ1) is 10.1. The molecule has 2 rings (SSSR count). The summed E-state index contributed by atoms with van der Waals surface area (Å²) in [6.45, 7) is 0. The molecule has 1 fully saturated rings. The van der Waals surface area contributed by atoms with Crippen molar-refractivity contribution < 1.29 is 4.79 Å². The Hall–Kier alpha value is -1.40. The Morgan fingerprint density at radius 2 is 1.73 bits per heavy atom. The molecule has 0 saturated heterocycles. The van der Waals surface area contributed by atoms with Gasteiger partial charge in [0, 0.05) is 0 Å². The zero-order valence-electron chi connectivity index (χ0n) is 8.73. The maximum Gasteiger partial charge on any atom is 0.235 e. The second kappa shape index (κ2) is 4.90. The first-order chi connectivity index (χ1) is 7.40. The average molecular weight is 201 g/mol. The van der Waals surface area contributed by atoms with Crippen molar-refractivity contribution in [2.75, 3.05) is 0 Å². The predicted molar refractivity (Wildman–Crippen MR) is 59.6 cm³/mol. The molecule has 0 aromatic heterocycles. The molecule has 0 aliphatic heterocycles. The molecule has 0 N–H and O–H groups in total. The summed E-state index contributed by atoms with van der Waals surface area (Å²) in [7, 11) is 0. The van der Waals surface area contributed by atoms with Gasteiger partial charge in [-0.25, -0.2) is 9.79 Å². The van der Waals surface area contributed by atoms with E-state index in [-0.39, 0.29) is 6.04 Å². The van der Waals surface area contributed by atoms with Crippen LogP contribution >= 0.6 is 0 Å². The third-order valence-corrected chi connectivity index (χ3v) is 3.20. The van der Waals surface area contributed by atoms with Gasteiger partial charge < -0.3 is 0 Å². The Balaban J connectivity index is 1.97. The molecular formula is C13H15NO. The fraction of sp³-hybridized carbons (Fsp3) is 0.462. The lowest BCUT2D eigenvalue weighted by molar-refractivity contribution is 0.395. The van der Waals surface area contributed by atoms with Crippen molar-refractivity contribution in [3.05, 3.63) is 35.9 Å². The monoisotopic (exact) mass is 201 g/mol. The quantitative estimate of drug-likeness (QED) is 0.534. The SMILES string of the molecule is O=C=N[C@H]1CC[C@H](c2ccccc2)CC1. The van der Waals surface area contributed by atoms with E-state index in [0.717, 1.165) is 25.7 Å². The summed E-state index contributed by atoms with van der Waals surface area (Å²) in [6.07, 6.45) is 5.99. The molecule has 0 bridgehead atoms. The summed E-state index contributed by atoms with van der Waals surface area (Å²) in [5.41, 5.74) is 1.42. The third-order valence-electron chi connectivity index (χ3n) is 3.20. The molecule has 0 spiro atoms. The molecule has 1 saturated carbocycles. The molecule has 1 aliphatic carbocycles. The van der Waals surface area contributed by atoms with Crippen LogP contribution in [0.25, 0.3) is 0 Å². The minimum Gasteiger partial charge on any atom is -0.211 e. The minimum absolute atomic E-state index is 0.225. The summed E-state index contributed by atoms with van der Waals surface area (Å²) in [4.78, 5) is 13.9. The van der Waals surface area contributed by atoms with Gasteiger partial charge in [0.05, 0.1) is 6.04 Å². The van der Waals surface area contributed by atoms with Crippen LogP contribution in [0.2, 0.25) is 0 Å². The van der Waals surface area contributed by atoms with E-state index >= 15 is 0 Å². The van der Waals surface area contributed by atoms with Crippen molar-refractivity contribution in [2.24, 2.45) is 4.99 Å². The molecule has 0 heterocycles. The lowest BCUT2D eigenvalue weighted by Gasteiger charge is -2.25. The molecule has 0 amide bonds. The Morgan fingerprint density at radius 1 is 1.07 bits per heavy atom. The van der Waals surface area contributed by atoms with Crippen molar-refractivity contribution in [3.63, 3.8) is 0 Å². The number of nitrogens with zero attached hydrogens (tertiary/aromatic N) is 1. The molecule has 0 unspecified atom stereocenters. The van der Waals surface area contributed by atoms with Gasteiger partial charge in [0.2, 0.25) is 6.08 Å². The van der Waals surface area contributed by atoms with Crippen LogP contribution in [-0.4, -0.2) is 12.1 Å². The van der Waals surface area contributed by atoms with Crippen molar-refractivity contribution in [3.8, 4) is 0 Å². The van der Waals surface area contributed by atoms with Crippen molar-refractivity contribution in [1.82, 2.24) is 0 Å². The van der Waals surface area contributed by atoms with E-state index in [9.17, 15) is 4.79 Å². The van der Waals surface area contributed by atoms with Gasteiger partial charge in [0.15, 0.2) is 0 Å². The average Bonchev–Trinajstić information content (AvgIpc) is 2.32. The zero-order chi connectivity index (χ0) is 10.5. The van der Waals surface area contributed by atoms with Gasteiger partial charge in [0.25, 0.3) is 0 Å². The molecule has 2 heteroatoms. The molecule has 1 aromatic carbocycles. The van der Waals surface area contributed by atoms with E-state index in [1.54, 1.807) is 6.08 Å². The van der Waals surface area contributed by atoms with Gasteiger partial charge in [-0.15, -0.1) is 0 Å². The zero-order valence-corrected chi connectivity index (χ0v) is 8.73. The Kier molecular flexibility index (Phi) is 3.31. The van der Waals surface area contributed by atoms with Crippen LogP contribution in [0.5, 0.6) is 0 Å². The third kappa shape index (κ3) is 2.54. The molecule has 2 nitrogen and oxygen atoms in total. The van der Waals surface area contributed by atoms with Crippen LogP contribution in [0.1, 0.15) is 37.2 Å². The maximum atomic E-state index is 10.1. The summed E-state index contributed by atoms with van der Waals surface area (Å²) in [5.74, 6) is 0.657. The second-order valence-electron chi connectivity index (χ2n) is 4.14. The van der Waals surface area contributed by atoms with Crippen LogP contribution in [0, 0.1) is 0 Å². The first-order valence-electron chi connectivity index (χ1n) is 5.52. The fourth-order valence-corrected chi connectivity index (χ4v) is 2.34. The van der Waals surface area contributed by atoms with Crippen molar-refractivity contribution in [1.29, 1.82) is 0 Å². The van der Waals surface area contributed by atoms with Crippen LogP contribution in [0.4, 0.5) is 0 Å². The van der Waals surface area contributed by atoms with Crippen LogP contribution < -0.4 is 0 Å². The smallest absolute Gasteiger partial charge is 0.211 e. The van der Waals surface area contributed by atoms with Gasteiger partial charge in [0.1, 0.15) is 0 Å². The summed E-state index contributed by atoms with van der Waals surface area (Å²) < 4.78 is 0. The van der Waals surface area contributed by atoms with Crippen LogP contribution in [0.15, 0.2) is 35.3 Å². The number of aliphatic imine (C=N–C) groups is 1. The summed E-state index contributed by atoms with van der Waals surface area (Å²) in [6, 6.07) is 10.8. The highest BCUT2D eigenvalue weighted by molar-refractivity contribution is 5.33. The normalized spacial score (nSPS) is 25.6. The minimum atomic E-state index is 0.225. The number of carbonyl (C=O) groups excluding carboxylic acids is 1. The molecule has 1 aromatic rings. The number of hydrogen-bond donors (Lipinski definition) is 0. The largest absolute Gasteiger partial charge is 0.235 e. The molecule has 0 radical (unpaired) electrons. The Bertz CT molecular complexity index is 346. The van der Waals surface area contributed by atoms with Crippen LogP contribution in [0.3, 0.4) is 0 Å². The van der Waals surface area contributed by atoms with E-state index in [2.05, 4.69) is 29.3 Å². The second-order valence-corrected chi connectivity index (χ2v) is 4.14. The summed E-state index contributed by atoms with van der Waals surface area (Å²) >= 11 is 0. The van der Waals surface area contributed by atoms with E-state index < -0.39 is 0 Å². The van der Waals surface area contributed by atoms with E-state index in [4.69, 9.17) is 0 Å². The molecule has 78 valence electrons. The lowest BCUT2D eigenvalue weighted by Crippen LogP contribution is -2.15. The molecule has 0 atom stereocenters. The first-order valence-corrected chi connectivity index (χ1v) is 5.52. The number of hydrogen-bond acceptors (Lipinski definition) is 2. The van der Waals surface area contributed by atoms with Gasteiger partial charge in [-0.3, -0.25) is 0 Å². The highest BCUT2D eigenvalue weighted by Gasteiger charge is 2.21. The van der Waals surface area contributed by atoms with Crippen molar-refractivity contribution in [2.45, 2.75) is 37.6 Å². The molecule has 1 aliphatic rings. The number of rotatable bonds is 2. The Labute approximate surface area is 90.0 Å². The summed E-state index contributed by atoms with van der Waals surface area (Å²) in [5, 5.41) is 0. The highest BCUT2D eigenvalue weighted by atomic mass is 16.1. The Morgan fingerprint density at radius 3 is 2.33 bits per heavy atom. The van der Waals surface area contributed by atoms with E-state index in [1.165, 1.54) is 5.56 Å². The van der Waals surface area contributed by atoms with Gasteiger partial charge >= 0.3 is 0 Å². The van der Waals surface area contributed by atoms with Crippen LogP contribution in [-0.2, 0) is 4.79 Å². The van der Waals surface area contributed by atoms with Gasteiger partial charge in [-0.2, -0.15) is 0 Å². The molecular weight excluding hydrogens is 186 g/mol. The lowest BCUT2D eigenvalue weighted by atomic mass is 9.82. The van der Waals surface area contributed by atoms with Gasteiger partial charge in [-0.05, 0) is 37.2 Å². The molecule has 15 heavy (non-hydrogen) atoms. The standard InChI is InChI=1S/C13H15NO/c15-10-14-13-8-6-12(7-9-13)11-4-2-1-3-5-11/h1-5,12-13H,6-9H2/t12-,13-. The van der Waals surface area contributed by atoms with E-state index in [1.807, 2.05) is 6.07 Å². The fourth-order valence-electron chi connectivity index (χ4n) is 2.34. The predicted octanol–water partition coefficient (Wildman–Crippen LogP) is 3.05. The number of benzene rings is 1. The highest BCUT2D eigenvalue weighted by Crippen LogP contribution is 2.33. The topological polar surface area (TPSA) is 29.4 Å².